The highest BCUT2D eigenvalue weighted by Gasteiger charge is 2.36. The molecular weight excluding hydrogens is 281 g/mol. The summed E-state index contributed by atoms with van der Waals surface area (Å²) in [4.78, 5) is 11.6. The van der Waals surface area contributed by atoms with Crippen molar-refractivity contribution in [1.29, 1.82) is 5.41 Å². The Labute approximate surface area is 111 Å². The van der Waals surface area contributed by atoms with Gasteiger partial charge in [-0.2, -0.15) is 13.2 Å². The Hall–Kier alpha value is -2.39. The molecular formula is C10H11F3N4O3. The van der Waals surface area contributed by atoms with Crippen LogP contribution >= 0.6 is 0 Å². The molecule has 0 unspecified atom stereocenters. The zero-order valence-corrected chi connectivity index (χ0v) is 10.0. The molecule has 1 aromatic heterocycles. The summed E-state index contributed by atoms with van der Waals surface area (Å²) in [6.45, 7) is 0. The summed E-state index contributed by atoms with van der Waals surface area (Å²) < 4.78 is 43.3. The van der Waals surface area contributed by atoms with Crippen LogP contribution < -0.4 is 10.5 Å². The van der Waals surface area contributed by atoms with Crippen LogP contribution in [-0.2, 0) is 6.18 Å². The van der Waals surface area contributed by atoms with E-state index in [0.717, 1.165) is 25.1 Å². The highest BCUT2D eigenvalue weighted by Crippen LogP contribution is 2.34. The maximum Gasteiger partial charge on any atom is 0.418 e. The largest absolute Gasteiger partial charge is 0.489 e. The molecule has 0 saturated heterocycles. The van der Waals surface area contributed by atoms with Gasteiger partial charge in [0.15, 0.2) is 5.34 Å². The van der Waals surface area contributed by atoms with Crippen LogP contribution in [0.2, 0.25) is 0 Å². The number of rotatable bonds is 3. The molecule has 0 aliphatic heterocycles. The van der Waals surface area contributed by atoms with E-state index in [1.165, 1.54) is 5.34 Å². The SMILES string of the molecule is N=C(N)c1ncc(OC2CC2)cc1C(F)(F)F.O=NO. The summed E-state index contributed by atoms with van der Waals surface area (Å²) in [7, 11) is 0. The van der Waals surface area contributed by atoms with Gasteiger partial charge in [-0.25, -0.2) is 4.98 Å². The van der Waals surface area contributed by atoms with E-state index in [1.807, 2.05) is 0 Å². The Morgan fingerprint density at radius 1 is 1.55 bits per heavy atom. The van der Waals surface area contributed by atoms with Crippen molar-refractivity contribution in [2.45, 2.75) is 25.1 Å². The van der Waals surface area contributed by atoms with Gasteiger partial charge in [0.2, 0.25) is 0 Å². The lowest BCUT2D eigenvalue weighted by Crippen LogP contribution is -2.20. The van der Waals surface area contributed by atoms with E-state index in [0.29, 0.717) is 0 Å². The summed E-state index contributed by atoms with van der Waals surface area (Å²) in [6, 6.07) is 0.835. The number of alkyl halides is 3. The summed E-state index contributed by atoms with van der Waals surface area (Å²) >= 11 is 0. The molecule has 1 heterocycles. The summed E-state index contributed by atoms with van der Waals surface area (Å²) in [5, 5.41) is 14.9. The Bertz CT molecular complexity index is 503. The van der Waals surface area contributed by atoms with Crippen molar-refractivity contribution in [3.63, 3.8) is 0 Å². The van der Waals surface area contributed by atoms with Crippen molar-refractivity contribution in [2.24, 2.45) is 11.1 Å². The van der Waals surface area contributed by atoms with Crippen LogP contribution in [0.15, 0.2) is 17.6 Å². The molecule has 1 aliphatic carbocycles. The first-order valence-corrected chi connectivity index (χ1v) is 5.34. The van der Waals surface area contributed by atoms with Crippen molar-refractivity contribution >= 4 is 5.84 Å². The number of aromatic nitrogens is 1. The number of nitrogens with two attached hydrogens (primary N) is 1. The number of pyridine rings is 1. The lowest BCUT2D eigenvalue weighted by molar-refractivity contribution is -0.138. The predicted octanol–water partition coefficient (Wildman–Crippen LogP) is 2.07. The number of nitrogen functional groups attached to an aromatic ring is 1. The minimum Gasteiger partial charge on any atom is -0.489 e. The van der Waals surface area contributed by atoms with Gasteiger partial charge in [0.1, 0.15) is 17.3 Å². The average Bonchev–Trinajstić information content (AvgIpc) is 3.12. The molecule has 1 saturated carbocycles. The van der Waals surface area contributed by atoms with Gasteiger partial charge in [0.05, 0.1) is 17.9 Å². The second kappa shape index (κ2) is 6.17. The molecule has 10 heteroatoms. The van der Waals surface area contributed by atoms with Gasteiger partial charge in [0, 0.05) is 0 Å². The molecule has 1 aromatic rings. The lowest BCUT2D eigenvalue weighted by Gasteiger charge is -2.13. The second-order valence-corrected chi connectivity index (χ2v) is 3.88. The fourth-order valence-electron chi connectivity index (χ4n) is 1.32. The van der Waals surface area contributed by atoms with E-state index >= 15 is 0 Å². The standard InChI is InChI=1S/C10H10F3N3O.HNO2/c11-10(12,13)7-3-6(17-5-1-2-5)4-16-8(7)9(14)15;2-1-3/h3-5H,1-2H2,(H3,14,15);(H,2,3). The van der Waals surface area contributed by atoms with Crippen LogP contribution in [0.25, 0.3) is 0 Å². The molecule has 1 fully saturated rings. The molecule has 0 radical (unpaired) electrons. The molecule has 1 aliphatic rings. The van der Waals surface area contributed by atoms with Crippen molar-refractivity contribution in [1.82, 2.24) is 4.98 Å². The van der Waals surface area contributed by atoms with Gasteiger partial charge >= 0.3 is 6.18 Å². The Morgan fingerprint density at radius 2 is 2.10 bits per heavy atom. The molecule has 110 valence electrons. The Kier molecular flexibility index (Phi) is 4.83. The Morgan fingerprint density at radius 3 is 2.50 bits per heavy atom. The molecule has 0 atom stereocenters. The molecule has 2 rings (SSSR count). The fraction of sp³-hybridized carbons (Fsp3) is 0.400. The lowest BCUT2D eigenvalue weighted by atomic mass is 10.1. The first-order valence-electron chi connectivity index (χ1n) is 5.34. The molecule has 4 N–H and O–H groups in total. The Balaban J connectivity index is 0.000000612. The normalized spacial score (nSPS) is 13.9. The number of hydrogen-bond donors (Lipinski definition) is 3. The second-order valence-electron chi connectivity index (χ2n) is 3.88. The average molecular weight is 292 g/mol. The molecule has 0 bridgehead atoms. The van der Waals surface area contributed by atoms with Crippen LogP contribution in [0.1, 0.15) is 24.1 Å². The van der Waals surface area contributed by atoms with E-state index in [2.05, 4.69) is 4.98 Å². The zero-order valence-electron chi connectivity index (χ0n) is 10.0. The molecule has 7 nitrogen and oxygen atoms in total. The monoisotopic (exact) mass is 292 g/mol. The number of nitrogens with zero attached hydrogens (tertiary/aromatic N) is 2. The maximum absolute atomic E-state index is 12.7. The number of ether oxygens (including phenoxy) is 1. The highest BCUT2D eigenvalue weighted by molar-refractivity contribution is 5.94. The quantitative estimate of drug-likeness (QED) is 0.341. The number of amidine groups is 1. The maximum atomic E-state index is 12.7. The van der Waals surface area contributed by atoms with E-state index in [-0.39, 0.29) is 11.9 Å². The van der Waals surface area contributed by atoms with Crippen molar-refractivity contribution in [2.75, 3.05) is 0 Å². The van der Waals surface area contributed by atoms with E-state index in [1.54, 1.807) is 0 Å². The third-order valence-corrected chi connectivity index (χ3v) is 2.25. The van der Waals surface area contributed by atoms with Crippen LogP contribution in [0.5, 0.6) is 5.75 Å². The smallest absolute Gasteiger partial charge is 0.418 e. The van der Waals surface area contributed by atoms with Crippen molar-refractivity contribution in [3.8, 4) is 5.75 Å². The van der Waals surface area contributed by atoms with E-state index in [4.69, 9.17) is 26.0 Å². The van der Waals surface area contributed by atoms with Crippen LogP contribution in [-0.4, -0.2) is 22.1 Å². The number of halogens is 3. The molecule has 0 spiro atoms. The van der Waals surface area contributed by atoms with Gasteiger partial charge in [0.25, 0.3) is 0 Å². The van der Waals surface area contributed by atoms with Gasteiger partial charge in [-0.3, -0.25) is 5.41 Å². The summed E-state index contributed by atoms with van der Waals surface area (Å²) in [5.41, 5.74) is 3.45. The predicted molar refractivity (Wildman–Crippen MR) is 61.5 cm³/mol. The first-order chi connectivity index (χ1) is 9.29. The van der Waals surface area contributed by atoms with E-state index < -0.39 is 23.3 Å². The van der Waals surface area contributed by atoms with Gasteiger partial charge in [-0.1, -0.05) is 0 Å². The van der Waals surface area contributed by atoms with Crippen molar-refractivity contribution < 1.29 is 23.1 Å². The van der Waals surface area contributed by atoms with E-state index in [9.17, 15) is 13.2 Å². The van der Waals surface area contributed by atoms with Gasteiger partial charge in [-0.15, -0.1) is 4.91 Å². The van der Waals surface area contributed by atoms with Crippen LogP contribution in [0.4, 0.5) is 13.2 Å². The summed E-state index contributed by atoms with van der Waals surface area (Å²) in [6.07, 6.45) is -1.77. The minimum absolute atomic E-state index is 0.0129. The molecule has 0 aromatic carbocycles. The third-order valence-electron chi connectivity index (χ3n) is 2.25. The molecule has 20 heavy (non-hydrogen) atoms. The topological polar surface area (TPSA) is 122 Å². The number of nitrogens with one attached hydrogen (secondary N) is 1. The minimum atomic E-state index is -4.60. The summed E-state index contributed by atoms with van der Waals surface area (Å²) in [5.74, 6) is -0.653. The molecule has 0 amide bonds. The fourth-order valence-corrected chi connectivity index (χ4v) is 1.32. The van der Waals surface area contributed by atoms with Gasteiger partial charge < -0.3 is 15.7 Å². The van der Waals surface area contributed by atoms with Crippen LogP contribution in [0, 0.1) is 10.3 Å². The number of hydrogen-bond acceptors (Lipinski definition) is 5. The highest BCUT2D eigenvalue weighted by atomic mass is 19.4. The van der Waals surface area contributed by atoms with Crippen molar-refractivity contribution in [3.05, 3.63) is 28.4 Å². The zero-order chi connectivity index (χ0) is 15.3. The third kappa shape index (κ3) is 4.37. The van der Waals surface area contributed by atoms with Gasteiger partial charge in [-0.05, 0) is 18.9 Å². The first kappa shape index (κ1) is 15.7. The van der Waals surface area contributed by atoms with Crippen LogP contribution in [0.3, 0.4) is 0 Å².